The maximum absolute atomic E-state index is 14.1. The highest BCUT2D eigenvalue weighted by atomic mass is 16.5. The van der Waals surface area contributed by atoms with Crippen LogP contribution in [0.5, 0.6) is 23.0 Å². The Morgan fingerprint density at radius 1 is 0.814 bits per heavy atom. The summed E-state index contributed by atoms with van der Waals surface area (Å²) in [5, 5.41) is 27.7. The van der Waals surface area contributed by atoms with Gasteiger partial charge < -0.3 is 40.8 Å². The molecule has 2 aromatic carbocycles. The fourth-order valence-electron chi connectivity index (χ4n) is 4.56. The Bertz CT molecular complexity index is 1330. The molecule has 0 bridgehead atoms. The van der Waals surface area contributed by atoms with Crippen molar-refractivity contribution in [1.82, 2.24) is 0 Å². The number of phenolic OH excluding ortho intramolecular Hbond substituents is 2. The second kappa shape index (κ2) is 14.2. The van der Waals surface area contributed by atoms with E-state index in [2.05, 4.69) is 10.6 Å². The van der Waals surface area contributed by atoms with E-state index < -0.39 is 22.9 Å². The van der Waals surface area contributed by atoms with Crippen LogP contribution in [0.1, 0.15) is 78.4 Å². The molecule has 2 aromatic rings. The van der Waals surface area contributed by atoms with E-state index in [4.69, 9.17) is 19.9 Å². The first-order valence-corrected chi connectivity index (χ1v) is 14.0. The van der Waals surface area contributed by atoms with Crippen LogP contribution in [0.4, 0.5) is 26.7 Å². The first-order chi connectivity index (χ1) is 20.0. The highest BCUT2D eigenvalue weighted by molar-refractivity contribution is 6.08. The van der Waals surface area contributed by atoms with Crippen molar-refractivity contribution in [3.63, 3.8) is 0 Å². The highest BCUT2D eigenvalue weighted by Gasteiger charge is 2.30. The van der Waals surface area contributed by atoms with E-state index in [1.165, 1.54) is 26.2 Å². The molecule has 0 spiro atoms. The molecule has 238 valence electrons. The molecule has 0 saturated carbocycles. The Morgan fingerprint density at radius 3 is 1.93 bits per heavy atom. The molecule has 43 heavy (non-hydrogen) atoms. The minimum Gasteiger partial charge on any atom is -0.505 e. The minimum atomic E-state index is -0.957. The number of hydrogen-bond acceptors (Lipinski definition) is 8. The lowest BCUT2D eigenvalue weighted by Crippen LogP contribution is -2.37. The second-order valence-corrected chi connectivity index (χ2v) is 12.2. The second-order valence-electron chi connectivity index (χ2n) is 12.2. The molecule has 12 heteroatoms. The Hall–Kier alpha value is -4.35. The van der Waals surface area contributed by atoms with E-state index in [0.29, 0.717) is 36.1 Å². The number of hydrogen-bond donors (Lipinski definition) is 5. The van der Waals surface area contributed by atoms with Crippen LogP contribution in [0.15, 0.2) is 18.2 Å². The molecule has 0 unspecified atom stereocenters. The van der Waals surface area contributed by atoms with Crippen LogP contribution in [0.3, 0.4) is 0 Å². The summed E-state index contributed by atoms with van der Waals surface area (Å²) in [6.45, 7) is 11.5. The molecule has 0 heterocycles. The number of ether oxygens (including phenoxy) is 3. The van der Waals surface area contributed by atoms with Crippen molar-refractivity contribution in [2.24, 2.45) is 5.73 Å². The molecule has 0 fully saturated rings. The monoisotopic (exact) mass is 602 g/mol. The summed E-state index contributed by atoms with van der Waals surface area (Å²) in [5.74, 6) is -0.109. The summed E-state index contributed by atoms with van der Waals surface area (Å²) in [6.07, 6.45) is 1.85. The third-order valence-corrected chi connectivity index (χ3v) is 6.91. The van der Waals surface area contributed by atoms with Gasteiger partial charge in [0.2, 0.25) is 0 Å². The Balaban J connectivity index is 2.67. The van der Waals surface area contributed by atoms with Crippen LogP contribution in [0.25, 0.3) is 0 Å². The summed E-state index contributed by atoms with van der Waals surface area (Å²) < 4.78 is 15.8. The summed E-state index contributed by atoms with van der Waals surface area (Å²) in [6, 6.07) is 3.20. The zero-order valence-electron chi connectivity index (χ0n) is 26.6. The van der Waals surface area contributed by atoms with Gasteiger partial charge in [-0.1, -0.05) is 48.0 Å². The number of methoxy groups -OCH3 is 3. The molecule has 0 aromatic heterocycles. The van der Waals surface area contributed by atoms with Crippen molar-refractivity contribution >= 4 is 35.1 Å². The number of phenols is 2. The number of carbonyl (C=O) groups excluding carboxylic acids is 3. The highest BCUT2D eigenvalue weighted by Crippen LogP contribution is 2.47. The van der Waals surface area contributed by atoms with Gasteiger partial charge in [-0.05, 0) is 35.8 Å². The third kappa shape index (κ3) is 8.82. The van der Waals surface area contributed by atoms with Gasteiger partial charge in [-0.15, -0.1) is 0 Å². The van der Waals surface area contributed by atoms with Gasteiger partial charge in [0.1, 0.15) is 34.4 Å². The van der Waals surface area contributed by atoms with Gasteiger partial charge in [0.05, 0.1) is 27.0 Å². The lowest BCUT2D eigenvalue weighted by molar-refractivity contribution is -0.140. The molecular formula is C31H46N4O8. The van der Waals surface area contributed by atoms with E-state index in [0.717, 1.165) is 0 Å². The molecule has 6 N–H and O–H groups in total. The summed E-state index contributed by atoms with van der Waals surface area (Å²) >= 11 is 0. The molecule has 0 atom stereocenters. The average Bonchev–Trinajstić information content (AvgIpc) is 2.91. The number of anilines is 3. The number of benzene rings is 2. The standard InChI is InChI=1S/C31H46N4O8/c1-30(2,3)19-15-18(41-7)16-21(26(19)37)35(14-12-10-11-13-23(36)43-9)29(40)34-24-22(42-8)17-20(31(4,5)6)27(38)25(24)33-28(32)39/h15-17,37-38H,10-14H2,1-9H3,(H,34,40)(H3,32,33,39). The van der Waals surface area contributed by atoms with Crippen LogP contribution in [-0.4, -0.2) is 56.1 Å². The fraction of sp³-hybridized carbons (Fsp3) is 0.516. The van der Waals surface area contributed by atoms with Crippen LogP contribution in [-0.2, 0) is 20.4 Å². The van der Waals surface area contributed by atoms with E-state index in [-0.39, 0.29) is 53.2 Å². The molecule has 0 aliphatic carbocycles. The van der Waals surface area contributed by atoms with Gasteiger partial charge in [-0.25, -0.2) is 9.59 Å². The topological polar surface area (TPSA) is 173 Å². The largest absolute Gasteiger partial charge is 0.505 e. The quantitative estimate of drug-likeness (QED) is 0.119. The molecule has 0 radical (unpaired) electrons. The number of aromatic hydroxyl groups is 2. The van der Waals surface area contributed by atoms with E-state index in [1.54, 1.807) is 18.2 Å². The van der Waals surface area contributed by atoms with Crippen LogP contribution in [0.2, 0.25) is 0 Å². The van der Waals surface area contributed by atoms with Gasteiger partial charge in [0, 0.05) is 30.2 Å². The zero-order chi connectivity index (χ0) is 32.7. The number of urea groups is 2. The minimum absolute atomic E-state index is 0.0223. The van der Waals surface area contributed by atoms with Gasteiger partial charge in [-0.2, -0.15) is 0 Å². The third-order valence-electron chi connectivity index (χ3n) is 6.91. The maximum Gasteiger partial charge on any atom is 0.326 e. The van der Waals surface area contributed by atoms with Gasteiger partial charge in [-0.3, -0.25) is 9.69 Å². The van der Waals surface area contributed by atoms with Crippen molar-refractivity contribution in [3.8, 4) is 23.0 Å². The number of nitrogens with one attached hydrogen (secondary N) is 2. The maximum atomic E-state index is 14.1. The van der Waals surface area contributed by atoms with Crippen molar-refractivity contribution < 1.29 is 38.8 Å². The molecule has 4 amide bonds. The van der Waals surface area contributed by atoms with Crippen molar-refractivity contribution in [3.05, 3.63) is 29.3 Å². The lowest BCUT2D eigenvalue weighted by atomic mass is 9.85. The molecular weight excluding hydrogens is 556 g/mol. The molecule has 0 aliphatic rings. The van der Waals surface area contributed by atoms with Crippen LogP contribution in [0, 0.1) is 0 Å². The first kappa shape index (κ1) is 34.8. The number of nitrogens with zero attached hydrogens (tertiary/aromatic N) is 1. The molecule has 0 saturated heterocycles. The summed E-state index contributed by atoms with van der Waals surface area (Å²) in [7, 11) is 4.21. The van der Waals surface area contributed by atoms with Crippen molar-refractivity contribution in [2.75, 3.05) is 43.4 Å². The van der Waals surface area contributed by atoms with Gasteiger partial charge in [0.15, 0.2) is 0 Å². The fourth-order valence-corrected chi connectivity index (χ4v) is 4.56. The normalized spacial score (nSPS) is 11.5. The van der Waals surface area contributed by atoms with E-state index >= 15 is 0 Å². The number of unbranched alkanes of at least 4 members (excludes halogenated alkanes) is 2. The van der Waals surface area contributed by atoms with Gasteiger partial charge >= 0.3 is 18.0 Å². The predicted octanol–water partition coefficient (Wildman–Crippen LogP) is 5.97. The number of primary amides is 1. The smallest absolute Gasteiger partial charge is 0.326 e. The van der Waals surface area contributed by atoms with Crippen LogP contribution < -0.4 is 30.7 Å². The van der Waals surface area contributed by atoms with Gasteiger partial charge in [0.25, 0.3) is 0 Å². The Labute approximate surface area is 253 Å². The predicted molar refractivity (Wildman–Crippen MR) is 167 cm³/mol. The van der Waals surface area contributed by atoms with Crippen molar-refractivity contribution in [2.45, 2.75) is 78.1 Å². The van der Waals surface area contributed by atoms with Crippen molar-refractivity contribution in [1.29, 1.82) is 0 Å². The Morgan fingerprint density at radius 2 is 1.42 bits per heavy atom. The summed E-state index contributed by atoms with van der Waals surface area (Å²) in [4.78, 5) is 38.9. The SMILES string of the molecule is COC(=O)CCCCCN(C(=O)Nc1c(OC)cc(C(C)(C)C)c(O)c1NC(N)=O)c1cc(OC)cc(C(C)(C)C)c1O. The number of carbonyl (C=O) groups is 3. The van der Waals surface area contributed by atoms with Crippen LogP contribution >= 0.6 is 0 Å². The zero-order valence-corrected chi connectivity index (χ0v) is 26.6. The number of nitrogens with two attached hydrogens (primary N) is 1. The first-order valence-electron chi connectivity index (χ1n) is 14.0. The molecule has 0 aliphatic heterocycles. The molecule has 12 nitrogen and oxygen atoms in total. The average molecular weight is 603 g/mol. The molecule has 2 rings (SSSR count). The van der Waals surface area contributed by atoms with E-state index in [1.807, 2.05) is 41.5 Å². The summed E-state index contributed by atoms with van der Waals surface area (Å²) in [5.41, 5.74) is 5.42. The number of esters is 1. The number of rotatable bonds is 11. The lowest BCUT2D eigenvalue weighted by Gasteiger charge is -2.30. The Kier molecular flexibility index (Phi) is 11.5. The number of amides is 4. The van der Waals surface area contributed by atoms with E-state index in [9.17, 15) is 24.6 Å².